The third-order valence-corrected chi connectivity index (χ3v) is 4.36. The smallest absolute Gasteiger partial charge is 0.253 e. The fourth-order valence-corrected chi connectivity index (χ4v) is 3.94. The van der Waals surface area contributed by atoms with E-state index in [0.717, 1.165) is 20.7 Å². The Morgan fingerprint density at radius 2 is 2.29 bits per heavy atom. The summed E-state index contributed by atoms with van der Waals surface area (Å²) in [7, 11) is 0. The minimum atomic E-state index is -0.00896. The van der Waals surface area contributed by atoms with Crippen molar-refractivity contribution in [3.05, 3.63) is 19.2 Å². The number of halogens is 2. The molecule has 2 heterocycles. The van der Waals surface area contributed by atoms with Crippen LogP contribution in [-0.2, 0) is 0 Å². The molecule has 1 aliphatic rings. The maximum Gasteiger partial charge on any atom is 0.253 e. The Balaban J connectivity index is 2.06. The Morgan fingerprint density at radius 1 is 1.57 bits per heavy atom. The quantitative estimate of drug-likeness (QED) is 0.865. The Bertz CT molecular complexity index is 362. The first-order valence-corrected chi connectivity index (χ1v) is 6.53. The average Bonchev–Trinajstić information content (AvgIpc) is 2.37. The van der Waals surface area contributed by atoms with Gasteiger partial charge in [-0.1, -0.05) is 0 Å². The Hall–Kier alpha value is 0.0900. The molecule has 0 unspecified atom stereocenters. The summed E-state index contributed by atoms with van der Waals surface area (Å²) in [5.74, 6) is -0.00896. The molecule has 1 aliphatic heterocycles. The van der Waals surface area contributed by atoms with Crippen molar-refractivity contribution in [3.63, 3.8) is 0 Å². The van der Waals surface area contributed by atoms with Crippen LogP contribution in [0.25, 0.3) is 0 Å². The molecule has 1 saturated heterocycles. The molecule has 3 nitrogen and oxygen atoms in total. The summed E-state index contributed by atoms with van der Waals surface area (Å²) in [5.41, 5.74) is 0.703. The molecule has 1 aromatic heterocycles. The number of amides is 1. The summed E-state index contributed by atoms with van der Waals surface area (Å²) >= 11 is 8.21. The van der Waals surface area contributed by atoms with Gasteiger partial charge in [-0.3, -0.25) is 4.79 Å². The minimum absolute atomic E-state index is 0.00896. The number of carbonyl (C=O) groups is 1. The lowest BCUT2D eigenvalue weighted by Gasteiger charge is -2.27. The van der Waals surface area contributed by atoms with E-state index < -0.39 is 0 Å². The normalized spacial score (nSPS) is 16.4. The predicted molar refractivity (Wildman–Crippen MR) is 63.8 cm³/mol. The first kappa shape index (κ1) is 10.6. The van der Waals surface area contributed by atoms with Crippen molar-refractivity contribution in [1.29, 1.82) is 0 Å². The van der Waals surface area contributed by atoms with Gasteiger partial charge in [-0.2, -0.15) is 0 Å². The lowest BCUT2D eigenvalue weighted by Crippen LogP contribution is -2.56. The van der Waals surface area contributed by atoms with E-state index in [1.165, 1.54) is 11.3 Å². The zero-order chi connectivity index (χ0) is 10.1. The van der Waals surface area contributed by atoms with Crippen molar-refractivity contribution >= 4 is 49.1 Å². The van der Waals surface area contributed by atoms with Crippen LogP contribution in [0.1, 0.15) is 10.4 Å². The molecule has 0 radical (unpaired) electrons. The first-order chi connectivity index (χ1) is 6.66. The zero-order valence-corrected chi connectivity index (χ0v) is 11.1. The van der Waals surface area contributed by atoms with Crippen molar-refractivity contribution in [2.24, 2.45) is 0 Å². The molecule has 2 rings (SSSR count). The summed E-state index contributed by atoms with van der Waals surface area (Å²) in [6, 6.07) is 2.11. The van der Waals surface area contributed by atoms with E-state index in [1.54, 1.807) is 0 Å². The molecular formula is C8H8Br2N2OS. The third kappa shape index (κ3) is 2.18. The highest BCUT2D eigenvalue weighted by atomic mass is 79.9. The van der Waals surface area contributed by atoms with Gasteiger partial charge in [0.25, 0.3) is 5.91 Å². The molecular weight excluding hydrogens is 332 g/mol. The predicted octanol–water partition coefficient (Wildman–Crippen LogP) is 1.97. The number of rotatable bonds is 2. The van der Waals surface area contributed by atoms with Gasteiger partial charge in [-0.25, -0.2) is 0 Å². The molecule has 76 valence electrons. The van der Waals surface area contributed by atoms with Crippen LogP contribution in [0.3, 0.4) is 0 Å². The second kappa shape index (κ2) is 4.30. The highest BCUT2D eigenvalue weighted by Crippen LogP contribution is 2.31. The SMILES string of the molecule is O=C(NC1CNC1)c1cc(Br)sc1Br. The van der Waals surface area contributed by atoms with Crippen LogP contribution in [0.2, 0.25) is 0 Å². The van der Waals surface area contributed by atoms with Crippen LogP contribution < -0.4 is 10.6 Å². The summed E-state index contributed by atoms with van der Waals surface area (Å²) < 4.78 is 1.83. The maximum atomic E-state index is 11.7. The van der Waals surface area contributed by atoms with Crippen LogP contribution in [-0.4, -0.2) is 25.0 Å². The summed E-state index contributed by atoms with van der Waals surface area (Å²) in [4.78, 5) is 11.7. The van der Waals surface area contributed by atoms with Crippen molar-refractivity contribution in [2.45, 2.75) is 6.04 Å². The van der Waals surface area contributed by atoms with Crippen LogP contribution in [0.4, 0.5) is 0 Å². The molecule has 2 N–H and O–H groups in total. The van der Waals surface area contributed by atoms with E-state index in [2.05, 4.69) is 42.5 Å². The largest absolute Gasteiger partial charge is 0.347 e. The molecule has 1 amide bonds. The number of thiophene rings is 1. The van der Waals surface area contributed by atoms with E-state index in [0.29, 0.717) is 5.56 Å². The van der Waals surface area contributed by atoms with E-state index in [9.17, 15) is 4.79 Å². The van der Waals surface area contributed by atoms with Gasteiger partial charge in [0.05, 0.1) is 19.2 Å². The molecule has 6 heteroatoms. The van der Waals surface area contributed by atoms with E-state index in [1.807, 2.05) is 6.07 Å². The van der Waals surface area contributed by atoms with Gasteiger partial charge in [0.1, 0.15) is 0 Å². The molecule has 1 aromatic rings. The van der Waals surface area contributed by atoms with Crippen molar-refractivity contribution in [2.75, 3.05) is 13.1 Å². The average molecular weight is 340 g/mol. The number of nitrogens with one attached hydrogen (secondary N) is 2. The molecule has 14 heavy (non-hydrogen) atoms. The summed E-state index contributed by atoms with van der Waals surface area (Å²) in [6.45, 7) is 1.74. The Morgan fingerprint density at radius 3 is 2.71 bits per heavy atom. The summed E-state index contributed by atoms with van der Waals surface area (Å²) in [6.07, 6.45) is 0. The second-order valence-electron chi connectivity index (χ2n) is 3.07. The van der Waals surface area contributed by atoms with Gasteiger partial charge in [-0.05, 0) is 37.9 Å². The Kier molecular flexibility index (Phi) is 3.26. The number of carbonyl (C=O) groups excluding carboxylic acids is 1. The van der Waals surface area contributed by atoms with Gasteiger partial charge in [0.15, 0.2) is 0 Å². The van der Waals surface area contributed by atoms with E-state index >= 15 is 0 Å². The van der Waals surface area contributed by atoms with Gasteiger partial charge in [0, 0.05) is 13.1 Å². The molecule has 0 aliphatic carbocycles. The third-order valence-electron chi connectivity index (χ3n) is 2.02. The first-order valence-electron chi connectivity index (χ1n) is 4.13. The highest BCUT2D eigenvalue weighted by Gasteiger charge is 2.21. The van der Waals surface area contributed by atoms with Gasteiger partial charge < -0.3 is 10.6 Å². The second-order valence-corrected chi connectivity index (χ2v) is 6.82. The molecule has 0 aromatic carbocycles. The lowest BCUT2D eigenvalue weighted by molar-refractivity contribution is 0.0923. The van der Waals surface area contributed by atoms with Crippen LogP contribution in [0.15, 0.2) is 13.6 Å². The molecule has 0 saturated carbocycles. The standard InChI is InChI=1S/C8H8Br2N2OS/c9-6-1-5(7(10)14-6)8(13)12-4-2-11-3-4/h1,4,11H,2-3H2,(H,12,13). The van der Waals surface area contributed by atoms with E-state index in [-0.39, 0.29) is 11.9 Å². The van der Waals surface area contributed by atoms with Crippen molar-refractivity contribution in [3.8, 4) is 0 Å². The minimum Gasteiger partial charge on any atom is -0.347 e. The fourth-order valence-electron chi connectivity index (χ4n) is 1.15. The lowest BCUT2D eigenvalue weighted by atomic mass is 10.1. The van der Waals surface area contributed by atoms with Crippen LogP contribution in [0, 0.1) is 0 Å². The monoisotopic (exact) mass is 338 g/mol. The Labute approximate surface area is 103 Å². The van der Waals surface area contributed by atoms with Gasteiger partial charge in [0.2, 0.25) is 0 Å². The van der Waals surface area contributed by atoms with Crippen LogP contribution >= 0.6 is 43.2 Å². The topological polar surface area (TPSA) is 41.1 Å². The summed E-state index contributed by atoms with van der Waals surface area (Å²) in [5, 5.41) is 6.05. The maximum absolute atomic E-state index is 11.7. The molecule has 0 atom stereocenters. The van der Waals surface area contributed by atoms with Gasteiger partial charge >= 0.3 is 0 Å². The van der Waals surface area contributed by atoms with Gasteiger partial charge in [-0.15, -0.1) is 11.3 Å². The number of hydrogen-bond donors (Lipinski definition) is 2. The molecule has 0 bridgehead atoms. The molecule has 0 spiro atoms. The zero-order valence-electron chi connectivity index (χ0n) is 7.14. The van der Waals surface area contributed by atoms with Crippen molar-refractivity contribution < 1.29 is 4.79 Å². The van der Waals surface area contributed by atoms with Crippen LogP contribution in [0.5, 0.6) is 0 Å². The fraction of sp³-hybridized carbons (Fsp3) is 0.375. The highest BCUT2D eigenvalue weighted by molar-refractivity contribution is 9.12. The molecule has 1 fully saturated rings. The van der Waals surface area contributed by atoms with E-state index in [4.69, 9.17) is 0 Å². The number of hydrogen-bond acceptors (Lipinski definition) is 3. The van der Waals surface area contributed by atoms with Crippen molar-refractivity contribution in [1.82, 2.24) is 10.6 Å².